The van der Waals surface area contributed by atoms with Gasteiger partial charge in [0.2, 0.25) is 5.91 Å². The van der Waals surface area contributed by atoms with Gasteiger partial charge in [0.25, 0.3) is 0 Å². The maximum absolute atomic E-state index is 13.1. The van der Waals surface area contributed by atoms with Crippen LogP contribution in [-0.4, -0.2) is 58.6 Å². The van der Waals surface area contributed by atoms with Gasteiger partial charge in [0.15, 0.2) is 0 Å². The maximum atomic E-state index is 13.1. The average molecular weight is 485 g/mol. The molecule has 2 aromatic rings. The minimum absolute atomic E-state index is 0.0346. The first-order valence-corrected chi connectivity index (χ1v) is 12.1. The fourth-order valence-electron chi connectivity index (χ4n) is 4.54. The lowest BCUT2D eigenvalue weighted by Crippen LogP contribution is -2.40. The first kappa shape index (κ1) is 26.5. The van der Waals surface area contributed by atoms with E-state index in [0.29, 0.717) is 25.1 Å². The number of carboxylic acid groups (broad SMARTS) is 1. The van der Waals surface area contributed by atoms with E-state index >= 15 is 0 Å². The van der Waals surface area contributed by atoms with E-state index in [4.69, 9.17) is 4.74 Å². The number of carboxylic acids is 1. The standard InChI is InChI=1S/C27H36N2O6/c1-4-35-24-14-18(11-12-21(24)26(32)33)15-25(31)28-22(16-27(2,3)34)20-9-5-6-10-23(20)29-13-7-8-19(30)17-29/h5-6,9-12,14,19,22,30,34H,4,7-8,13,15-17H2,1-3H3,(H,28,31)(H,32,33)/t19-,22-/m0/s1. The molecule has 2 atom stereocenters. The molecule has 8 heteroatoms. The Bertz CT molecular complexity index is 1030. The highest BCUT2D eigenvalue weighted by Gasteiger charge is 2.28. The van der Waals surface area contributed by atoms with Crippen LogP contribution in [0.1, 0.15) is 67.6 Å². The van der Waals surface area contributed by atoms with Gasteiger partial charge in [-0.25, -0.2) is 4.79 Å². The number of benzene rings is 2. The number of β-amino-alcohol motifs (C(OH)–C–C–N with tert-alkyl or cyclic N) is 1. The zero-order valence-corrected chi connectivity index (χ0v) is 20.7. The van der Waals surface area contributed by atoms with E-state index < -0.39 is 23.7 Å². The number of nitrogens with zero attached hydrogens (tertiary/aromatic N) is 1. The molecular weight excluding hydrogens is 448 g/mol. The first-order valence-electron chi connectivity index (χ1n) is 12.1. The molecule has 190 valence electrons. The van der Waals surface area contributed by atoms with Crippen molar-refractivity contribution in [3.63, 3.8) is 0 Å². The maximum Gasteiger partial charge on any atom is 0.339 e. The van der Waals surface area contributed by atoms with E-state index in [2.05, 4.69) is 10.2 Å². The molecule has 0 radical (unpaired) electrons. The number of hydrogen-bond acceptors (Lipinski definition) is 6. The van der Waals surface area contributed by atoms with Crippen LogP contribution >= 0.6 is 0 Å². The quantitative estimate of drug-likeness (QED) is 0.408. The molecule has 3 rings (SSSR count). The van der Waals surface area contributed by atoms with Crippen LogP contribution in [0.5, 0.6) is 5.75 Å². The molecule has 2 aromatic carbocycles. The Morgan fingerprint density at radius 1 is 1.23 bits per heavy atom. The van der Waals surface area contributed by atoms with Gasteiger partial charge in [0.05, 0.1) is 30.8 Å². The van der Waals surface area contributed by atoms with Gasteiger partial charge in [-0.2, -0.15) is 0 Å². The van der Waals surface area contributed by atoms with Crippen molar-refractivity contribution in [2.24, 2.45) is 0 Å². The number of aliphatic hydroxyl groups is 2. The van der Waals surface area contributed by atoms with Crippen LogP contribution in [0.2, 0.25) is 0 Å². The third kappa shape index (κ3) is 7.44. The second-order valence-electron chi connectivity index (χ2n) is 9.68. The summed E-state index contributed by atoms with van der Waals surface area (Å²) in [6.07, 6.45) is 1.59. The SMILES string of the molecule is CCOc1cc(CC(=O)N[C@@H](CC(C)(C)O)c2ccccc2N2CCC[C@H](O)C2)ccc1C(=O)O. The van der Waals surface area contributed by atoms with Crippen molar-refractivity contribution in [1.29, 1.82) is 0 Å². The third-order valence-electron chi connectivity index (χ3n) is 6.03. The van der Waals surface area contributed by atoms with Gasteiger partial charge in [0, 0.05) is 25.2 Å². The van der Waals surface area contributed by atoms with E-state index in [1.54, 1.807) is 32.9 Å². The van der Waals surface area contributed by atoms with Crippen molar-refractivity contribution >= 4 is 17.6 Å². The van der Waals surface area contributed by atoms with Crippen molar-refractivity contribution < 1.29 is 29.6 Å². The van der Waals surface area contributed by atoms with Crippen LogP contribution in [-0.2, 0) is 11.2 Å². The van der Waals surface area contributed by atoms with E-state index in [1.165, 1.54) is 6.07 Å². The molecule has 0 unspecified atom stereocenters. The molecular formula is C27H36N2O6. The lowest BCUT2D eigenvalue weighted by atomic mass is 9.91. The summed E-state index contributed by atoms with van der Waals surface area (Å²) in [5.41, 5.74) is 1.47. The second kappa shape index (κ2) is 11.6. The fourth-order valence-corrected chi connectivity index (χ4v) is 4.54. The fraction of sp³-hybridized carbons (Fsp3) is 0.481. The monoisotopic (exact) mass is 484 g/mol. The van der Waals surface area contributed by atoms with E-state index in [0.717, 1.165) is 30.6 Å². The number of piperidine rings is 1. The minimum Gasteiger partial charge on any atom is -0.493 e. The molecule has 1 fully saturated rings. The number of aromatic carboxylic acids is 1. The van der Waals surface area contributed by atoms with Gasteiger partial charge in [-0.1, -0.05) is 24.3 Å². The highest BCUT2D eigenvalue weighted by Crippen LogP contribution is 2.33. The summed E-state index contributed by atoms with van der Waals surface area (Å²) in [5, 5.41) is 33.2. The Balaban J connectivity index is 1.84. The molecule has 8 nitrogen and oxygen atoms in total. The lowest BCUT2D eigenvalue weighted by Gasteiger charge is -2.36. The number of carbonyl (C=O) groups is 2. The molecule has 1 aliphatic rings. The van der Waals surface area contributed by atoms with Crippen LogP contribution in [0.25, 0.3) is 0 Å². The topological polar surface area (TPSA) is 119 Å². The molecule has 0 bridgehead atoms. The van der Waals surface area contributed by atoms with Crippen LogP contribution in [0.4, 0.5) is 5.69 Å². The summed E-state index contributed by atoms with van der Waals surface area (Å²) in [6.45, 7) is 6.83. The Hall–Kier alpha value is -3.10. The first-order chi connectivity index (χ1) is 16.6. The van der Waals surface area contributed by atoms with Crippen molar-refractivity contribution in [1.82, 2.24) is 5.32 Å². The summed E-state index contributed by atoms with van der Waals surface area (Å²) < 4.78 is 5.46. The predicted molar refractivity (Wildman–Crippen MR) is 134 cm³/mol. The number of carbonyl (C=O) groups excluding carboxylic acids is 1. The molecule has 35 heavy (non-hydrogen) atoms. The molecule has 4 N–H and O–H groups in total. The number of aliphatic hydroxyl groups excluding tert-OH is 1. The number of ether oxygens (including phenoxy) is 1. The Kier molecular flexibility index (Phi) is 8.75. The minimum atomic E-state index is -1.09. The van der Waals surface area contributed by atoms with E-state index in [1.807, 2.05) is 24.3 Å². The highest BCUT2D eigenvalue weighted by atomic mass is 16.5. The molecule has 0 aliphatic carbocycles. The van der Waals surface area contributed by atoms with E-state index in [9.17, 15) is 24.9 Å². The van der Waals surface area contributed by atoms with Crippen molar-refractivity contribution in [2.45, 2.75) is 64.2 Å². The lowest BCUT2D eigenvalue weighted by molar-refractivity contribution is -0.121. The molecule has 1 heterocycles. The van der Waals surface area contributed by atoms with Gasteiger partial charge in [-0.3, -0.25) is 4.79 Å². The third-order valence-corrected chi connectivity index (χ3v) is 6.03. The number of rotatable bonds is 10. The van der Waals surface area contributed by atoms with Crippen molar-refractivity contribution in [3.8, 4) is 5.75 Å². The second-order valence-corrected chi connectivity index (χ2v) is 9.68. The molecule has 1 saturated heterocycles. The largest absolute Gasteiger partial charge is 0.493 e. The Labute approximate surface area is 206 Å². The Morgan fingerprint density at radius 2 is 1.97 bits per heavy atom. The number of anilines is 1. The van der Waals surface area contributed by atoms with Crippen LogP contribution < -0.4 is 15.0 Å². The molecule has 1 aliphatic heterocycles. The zero-order valence-electron chi connectivity index (χ0n) is 20.7. The van der Waals surface area contributed by atoms with Gasteiger partial charge in [-0.15, -0.1) is 0 Å². The normalized spacial score (nSPS) is 17.1. The molecule has 0 saturated carbocycles. The summed E-state index contributed by atoms with van der Waals surface area (Å²) in [5.74, 6) is -1.11. The average Bonchev–Trinajstić information content (AvgIpc) is 2.78. The van der Waals surface area contributed by atoms with E-state index in [-0.39, 0.29) is 23.6 Å². The number of hydrogen-bond donors (Lipinski definition) is 4. The van der Waals surface area contributed by atoms with Gasteiger partial charge >= 0.3 is 5.97 Å². The summed E-state index contributed by atoms with van der Waals surface area (Å²) in [7, 11) is 0. The summed E-state index contributed by atoms with van der Waals surface area (Å²) >= 11 is 0. The summed E-state index contributed by atoms with van der Waals surface area (Å²) in [6, 6.07) is 11.9. The Morgan fingerprint density at radius 3 is 2.63 bits per heavy atom. The molecule has 1 amide bonds. The number of amides is 1. The summed E-state index contributed by atoms with van der Waals surface area (Å²) in [4.78, 5) is 26.7. The predicted octanol–water partition coefficient (Wildman–Crippen LogP) is 3.31. The van der Waals surface area contributed by atoms with Crippen LogP contribution in [0.15, 0.2) is 42.5 Å². The highest BCUT2D eigenvalue weighted by molar-refractivity contribution is 5.91. The molecule has 0 aromatic heterocycles. The molecule has 0 spiro atoms. The number of para-hydroxylation sites is 1. The zero-order chi connectivity index (χ0) is 25.6. The van der Waals surface area contributed by atoms with Crippen molar-refractivity contribution in [3.05, 3.63) is 59.2 Å². The number of nitrogens with one attached hydrogen (secondary N) is 1. The van der Waals surface area contributed by atoms with Gasteiger partial charge in [-0.05, 0) is 62.9 Å². The van der Waals surface area contributed by atoms with Crippen LogP contribution in [0.3, 0.4) is 0 Å². The van der Waals surface area contributed by atoms with Gasteiger partial charge < -0.3 is 30.3 Å². The van der Waals surface area contributed by atoms with Crippen LogP contribution in [0, 0.1) is 0 Å². The smallest absolute Gasteiger partial charge is 0.339 e. The van der Waals surface area contributed by atoms with Crippen molar-refractivity contribution in [2.75, 3.05) is 24.6 Å². The van der Waals surface area contributed by atoms with Gasteiger partial charge in [0.1, 0.15) is 11.3 Å².